The lowest BCUT2D eigenvalue weighted by Crippen LogP contribution is -2.42. The molecule has 0 unspecified atom stereocenters. The molecule has 0 radical (unpaired) electrons. The van der Waals surface area contributed by atoms with Crippen LogP contribution in [0.15, 0.2) is 88.7 Å². The lowest BCUT2D eigenvalue weighted by atomic mass is 10.1. The summed E-state index contributed by atoms with van der Waals surface area (Å²) in [5.41, 5.74) is 7.79. The van der Waals surface area contributed by atoms with Crippen LogP contribution in [0.1, 0.15) is 31.4 Å². The van der Waals surface area contributed by atoms with Crippen molar-refractivity contribution in [2.24, 2.45) is 5.92 Å². The number of carbonyl (C=O) groups excluding carboxylic acids is 1. The lowest BCUT2D eigenvalue weighted by Gasteiger charge is -2.25. The van der Waals surface area contributed by atoms with Crippen LogP contribution in [0, 0.1) is 5.92 Å². The van der Waals surface area contributed by atoms with Crippen LogP contribution < -0.4 is 21.9 Å². The van der Waals surface area contributed by atoms with Gasteiger partial charge < -0.3 is 15.2 Å². The number of aromatic nitrogens is 3. The molecule has 0 saturated carbocycles. The average molecular weight is 486 g/mol. The standard InChI is InChI=1S/C28H31N5O3/c1-20(2)14-17-32(24(34)18-21-10-12-23(13-11-21)31-15-6-7-16-31)25-26(29)33(28(36)30-27(25)35)19-22-8-4-3-5-9-22/h3-13,15-16,20H,14,17-19,29H2,1-2H3,(H,30,35,36). The summed E-state index contributed by atoms with van der Waals surface area (Å²) in [5.74, 6) is 0.0239. The van der Waals surface area contributed by atoms with Gasteiger partial charge in [-0.2, -0.15) is 0 Å². The highest BCUT2D eigenvalue weighted by Crippen LogP contribution is 2.21. The summed E-state index contributed by atoms with van der Waals surface area (Å²) in [6, 6.07) is 20.9. The fourth-order valence-corrected chi connectivity index (χ4v) is 4.07. The predicted molar refractivity (Wildman–Crippen MR) is 143 cm³/mol. The molecule has 0 aliphatic rings. The molecule has 186 valence electrons. The number of nitrogens with two attached hydrogens (primary N) is 1. The van der Waals surface area contributed by atoms with Crippen LogP contribution in [-0.2, 0) is 17.8 Å². The van der Waals surface area contributed by atoms with E-state index in [9.17, 15) is 14.4 Å². The van der Waals surface area contributed by atoms with Crippen molar-refractivity contribution in [2.75, 3.05) is 17.2 Å². The first kappa shape index (κ1) is 24.8. The number of benzene rings is 2. The van der Waals surface area contributed by atoms with Gasteiger partial charge in [0.05, 0.1) is 13.0 Å². The number of hydrogen-bond acceptors (Lipinski definition) is 4. The fourth-order valence-electron chi connectivity index (χ4n) is 4.07. The predicted octanol–water partition coefficient (Wildman–Crippen LogP) is 3.58. The molecule has 0 aliphatic heterocycles. The molecule has 36 heavy (non-hydrogen) atoms. The zero-order valence-corrected chi connectivity index (χ0v) is 20.6. The molecule has 0 aliphatic carbocycles. The largest absolute Gasteiger partial charge is 0.383 e. The van der Waals surface area contributed by atoms with Gasteiger partial charge in [0.1, 0.15) is 5.82 Å². The maximum Gasteiger partial charge on any atom is 0.330 e. The Morgan fingerprint density at radius 1 is 0.944 bits per heavy atom. The zero-order valence-electron chi connectivity index (χ0n) is 20.6. The van der Waals surface area contributed by atoms with Gasteiger partial charge in [-0.15, -0.1) is 0 Å². The summed E-state index contributed by atoms with van der Waals surface area (Å²) in [4.78, 5) is 42.9. The van der Waals surface area contributed by atoms with E-state index in [2.05, 4.69) is 4.98 Å². The lowest BCUT2D eigenvalue weighted by molar-refractivity contribution is -0.118. The zero-order chi connectivity index (χ0) is 25.7. The van der Waals surface area contributed by atoms with E-state index < -0.39 is 11.2 Å². The van der Waals surface area contributed by atoms with Crippen molar-refractivity contribution >= 4 is 17.4 Å². The van der Waals surface area contributed by atoms with Crippen LogP contribution in [0.5, 0.6) is 0 Å². The first-order valence-corrected chi connectivity index (χ1v) is 12.0. The third kappa shape index (κ3) is 5.66. The highest BCUT2D eigenvalue weighted by Gasteiger charge is 2.24. The Labute approximate surface area is 209 Å². The molecule has 4 rings (SSSR count). The minimum atomic E-state index is -0.665. The van der Waals surface area contributed by atoms with Crippen LogP contribution in [0.25, 0.3) is 5.69 Å². The van der Waals surface area contributed by atoms with E-state index >= 15 is 0 Å². The molecule has 0 atom stereocenters. The van der Waals surface area contributed by atoms with Crippen LogP contribution in [0.2, 0.25) is 0 Å². The smallest absolute Gasteiger partial charge is 0.330 e. The maximum atomic E-state index is 13.5. The van der Waals surface area contributed by atoms with Crippen LogP contribution in [-0.4, -0.2) is 26.6 Å². The summed E-state index contributed by atoms with van der Waals surface area (Å²) in [6.07, 6.45) is 4.68. The van der Waals surface area contributed by atoms with Gasteiger partial charge in [-0.05, 0) is 47.7 Å². The second kappa shape index (κ2) is 10.9. The Kier molecular flexibility index (Phi) is 7.53. The maximum absolute atomic E-state index is 13.5. The first-order valence-electron chi connectivity index (χ1n) is 12.0. The molecule has 4 aromatic rings. The van der Waals surface area contributed by atoms with Gasteiger partial charge in [-0.3, -0.25) is 19.1 Å². The van der Waals surface area contributed by atoms with Crippen molar-refractivity contribution < 1.29 is 4.79 Å². The number of H-pyrrole nitrogens is 1. The summed E-state index contributed by atoms with van der Waals surface area (Å²) in [5, 5.41) is 0. The number of amides is 1. The van der Waals surface area contributed by atoms with Gasteiger partial charge >= 0.3 is 5.69 Å². The van der Waals surface area contributed by atoms with E-state index in [0.717, 1.165) is 16.8 Å². The van der Waals surface area contributed by atoms with Crippen LogP contribution in [0.4, 0.5) is 11.5 Å². The van der Waals surface area contributed by atoms with Crippen molar-refractivity contribution in [3.63, 3.8) is 0 Å². The van der Waals surface area contributed by atoms with Gasteiger partial charge in [-0.1, -0.05) is 56.3 Å². The molecule has 8 heteroatoms. The van der Waals surface area contributed by atoms with Crippen LogP contribution >= 0.6 is 0 Å². The SMILES string of the molecule is CC(C)CCN(C(=O)Cc1ccc(-n2cccc2)cc1)c1c(N)n(Cc2ccccc2)c(=O)[nH]c1=O. The summed E-state index contributed by atoms with van der Waals surface area (Å²) in [6.45, 7) is 4.59. The Hall–Kier alpha value is -4.33. The molecule has 0 saturated heterocycles. The van der Waals surface area contributed by atoms with Gasteiger partial charge in [0.15, 0.2) is 5.69 Å². The van der Waals surface area contributed by atoms with Gasteiger partial charge in [0.2, 0.25) is 5.91 Å². The van der Waals surface area contributed by atoms with Crippen molar-refractivity contribution in [1.82, 2.24) is 14.1 Å². The fraction of sp³-hybridized carbons (Fsp3) is 0.250. The van der Waals surface area contributed by atoms with E-state index in [4.69, 9.17) is 5.73 Å². The molecule has 2 aromatic heterocycles. The second-order valence-corrected chi connectivity index (χ2v) is 9.23. The molecule has 2 heterocycles. The molecule has 2 aromatic carbocycles. The quantitative estimate of drug-likeness (QED) is 0.378. The molecule has 0 fully saturated rings. The van der Waals surface area contributed by atoms with Crippen molar-refractivity contribution in [3.8, 4) is 5.69 Å². The average Bonchev–Trinajstić information content (AvgIpc) is 3.39. The van der Waals surface area contributed by atoms with E-state index in [0.29, 0.717) is 18.9 Å². The summed E-state index contributed by atoms with van der Waals surface area (Å²) >= 11 is 0. The van der Waals surface area contributed by atoms with E-state index in [-0.39, 0.29) is 30.4 Å². The summed E-state index contributed by atoms with van der Waals surface area (Å²) < 4.78 is 3.28. The van der Waals surface area contributed by atoms with Crippen molar-refractivity contribution in [3.05, 3.63) is 111 Å². The van der Waals surface area contributed by atoms with E-state index in [1.54, 1.807) is 0 Å². The number of nitrogens with zero attached hydrogens (tertiary/aromatic N) is 3. The van der Waals surface area contributed by atoms with E-state index in [1.807, 2.05) is 97.5 Å². The number of nitrogen functional groups attached to an aromatic ring is 1. The number of aromatic amines is 1. The van der Waals surface area contributed by atoms with Gasteiger partial charge in [0.25, 0.3) is 5.56 Å². The minimum Gasteiger partial charge on any atom is -0.383 e. The third-order valence-corrected chi connectivity index (χ3v) is 6.09. The number of carbonyl (C=O) groups is 1. The highest BCUT2D eigenvalue weighted by molar-refractivity contribution is 5.96. The van der Waals surface area contributed by atoms with Crippen molar-refractivity contribution in [2.45, 2.75) is 33.2 Å². The number of nitrogens with one attached hydrogen (secondary N) is 1. The van der Waals surface area contributed by atoms with Gasteiger partial charge in [-0.25, -0.2) is 4.79 Å². The minimum absolute atomic E-state index is 0.0140. The Morgan fingerprint density at radius 2 is 1.61 bits per heavy atom. The third-order valence-electron chi connectivity index (χ3n) is 6.09. The van der Waals surface area contributed by atoms with E-state index in [1.165, 1.54) is 9.47 Å². The molecule has 0 spiro atoms. The molecule has 8 nitrogen and oxygen atoms in total. The molecular weight excluding hydrogens is 454 g/mol. The number of anilines is 2. The topological polar surface area (TPSA) is 106 Å². The Balaban J connectivity index is 1.66. The van der Waals surface area contributed by atoms with Crippen LogP contribution in [0.3, 0.4) is 0 Å². The van der Waals surface area contributed by atoms with Crippen molar-refractivity contribution in [1.29, 1.82) is 0 Å². The molecule has 0 bridgehead atoms. The number of hydrogen-bond donors (Lipinski definition) is 2. The Bertz CT molecular complexity index is 1420. The molecule has 3 N–H and O–H groups in total. The van der Waals surface area contributed by atoms with Gasteiger partial charge in [0, 0.05) is 24.6 Å². The molecule has 1 amide bonds. The summed E-state index contributed by atoms with van der Waals surface area (Å²) in [7, 11) is 0. The normalized spacial score (nSPS) is 11.1. The second-order valence-electron chi connectivity index (χ2n) is 9.23. The highest BCUT2D eigenvalue weighted by atomic mass is 16.2. The first-order chi connectivity index (χ1) is 17.3. The number of rotatable bonds is 9. The Morgan fingerprint density at radius 3 is 2.25 bits per heavy atom. The molecular formula is C28H31N5O3. The monoisotopic (exact) mass is 485 g/mol.